The van der Waals surface area contributed by atoms with Gasteiger partial charge in [0, 0.05) is 22.3 Å². The molecule has 2 aromatic carbocycles. The number of amides is 1. The first kappa shape index (κ1) is 15.3. The lowest BCUT2D eigenvalue weighted by Gasteiger charge is -2.09. The van der Waals surface area contributed by atoms with Crippen LogP contribution in [0.1, 0.15) is 10.4 Å². The molecule has 3 N–H and O–H groups in total. The molecule has 0 fully saturated rings. The van der Waals surface area contributed by atoms with Gasteiger partial charge in [-0.25, -0.2) is 0 Å². The third-order valence-corrected chi connectivity index (χ3v) is 3.49. The Hall–Kier alpha value is -2.12. The van der Waals surface area contributed by atoms with Gasteiger partial charge in [-0.15, -0.1) is 0 Å². The number of nitro benzene ring substituents is 1. The number of hydrogen-bond donors (Lipinski definition) is 2. The van der Waals surface area contributed by atoms with E-state index in [1.165, 1.54) is 18.2 Å². The SMILES string of the molecule is Nc1ccc(Br)cc1C(=O)Nc1cc([N+](=O)[O-])ccc1Cl. The van der Waals surface area contributed by atoms with Gasteiger partial charge in [-0.1, -0.05) is 27.5 Å². The minimum absolute atomic E-state index is 0.148. The van der Waals surface area contributed by atoms with Crippen LogP contribution in [0.25, 0.3) is 0 Å². The van der Waals surface area contributed by atoms with Crippen molar-refractivity contribution in [1.29, 1.82) is 0 Å². The number of rotatable bonds is 3. The average molecular weight is 371 g/mol. The van der Waals surface area contributed by atoms with Gasteiger partial charge in [0.25, 0.3) is 11.6 Å². The lowest BCUT2D eigenvalue weighted by molar-refractivity contribution is -0.384. The summed E-state index contributed by atoms with van der Waals surface area (Å²) in [5.41, 5.74) is 6.25. The smallest absolute Gasteiger partial charge is 0.271 e. The first-order chi connectivity index (χ1) is 9.88. The molecule has 0 aliphatic carbocycles. The van der Waals surface area contributed by atoms with Crippen molar-refractivity contribution in [1.82, 2.24) is 0 Å². The van der Waals surface area contributed by atoms with Gasteiger partial charge >= 0.3 is 0 Å². The number of nitro groups is 1. The number of nitrogens with two attached hydrogens (primary N) is 1. The van der Waals surface area contributed by atoms with Crippen LogP contribution in [0.2, 0.25) is 5.02 Å². The third kappa shape index (κ3) is 3.50. The minimum Gasteiger partial charge on any atom is -0.398 e. The number of hydrogen-bond acceptors (Lipinski definition) is 4. The van der Waals surface area contributed by atoms with Crippen molar-refractivity contribution >= 4 is 50.5 Å². The van der Waals surface area contributed by atoms with Crippen LogP contribution in [0.4, 0.5) is 17.1 Å². The fourth-order valence-electron chi connectivity index (χ4n) is 1.64. The van der Waals surface area contributed by atoms with E-state index in [0.717, 1.165) is 0 Å². The maximum absolute atomic E-state index is 12.2. The number of nitrogens with zero attached hydrogens (tertiary/aromatic N) is 1. The maximum atomic E-state index is 12.2. The van der Waals surface area contributed by atoms with Crippen LogP contribution in [-0.4, -0.2) is 10.8 Å². The van der Waals surface area contributed by atoms with E-state index in [0.29, 0.717) is 4.47 Å². The molecule has 0 unspecified atom stereocenters. The van der Waals surface area contributed by atoms with Crippen LogP contribution in [0.5, 0.6) is 0 Å². The lowest BCUT2D eigenvalue weighted by Crippen LogP contribution is -2.14. The van der Waals surface area contributed by atoms with Crippen molar-refractivity contribution in [3.8, 4) is 0 Å². The lowest BCUT2D eigenvalue weighted by atomic mass is 10.1. The van der Waals surface area contributed by atoms with Crippen molar-refractivity contribution in [3.05, 3.63) is 61.6 Å². The zero-order chi connectivity index (χ0) is 15.6. The van der Waals surface area contributed by atoms with Gasteiger partial charge in [0.1, 0.15) is 0 Å². The molecule has 0 bridgehead atoms. The number of nitrogens with one attached hydrogen (secondary N) is 1. The van der Waals surface area contributed by atoms with Crippen LogP contribution in [0, 0.1) is 10.1 Å². The zero-order valence-corrected chi connectivity index (χ0v) is 12.8. The molecule has 6 nitrogen and oxygen atoms in total. The molecule has 0 heterocycles. The fourth-order valence-corrected chi connectivity index (χ4v) is 2.16. The summed E-state index contributed by atoms with van der Waals surface area (Å²) in [5.74, 6) is -0.504. The summed E-state index contributed by atoms with van der Waals surface area (Å²) in [6.07, 6.45) is 0. The van der Waals surface area contributed by atoms with Crippen LogP contribution < -0.4 is 11.1 Å². The number of carbonyl (C=O) groups excluding carboxylic acids is 1. The second-order valence-electron chi connectivity index (χ2n) is 4.11. The summed E-state index contributed by atoms with van der Waals surface area (Å²) in [6, 6.07) is 8.62. The van der Waals surface area contributed by atoms with Crippen molar-refractivity contribution < 1.29 is 9.72 Å². The molecule has 0 saturated carbocycles. The number of carbonyl (C=O) groups is 1. The normalized spacial score (nSPS) is 10.2. The van der Waals surface area contributed by atoms with Crippen LogP contribution in [-0.2, 0) is 0 Å². The van der Waals surface area contributed by atoms with Gasteiger partial charge in [-0.3, -0.25) is 14.9 Å². The first-order valence-corrected chi connectivity index (χ1v) is 6.86. The molecular weight excluding hydrogens is 362 g/mol. The van der Waals surface area contributed by atoms with Gasteiger partial charge in [0.2, 0.25) is 0 Å². The van der Waals surface area contributed by atoms with E-state index in [9.17, 15) is 14.9 Å². The first-order valence-electron chi connectivity index (χ1n) is 5.69. The van der Waals surface area contributed by atoms with E-state index in [-0.39, 0.29) is 27.6 Å². The van der Waals surface area contributed by atoms with E-state index < -0.39 is 10.8 Å². The second kappa shape index (κ2) is 6.11. The van der Waals surface area contributed by atoms with E-state index in [4.69, 9.17) is 17.3 Å². The summed E-state index contributed by atoms with van der Waals surface area (Å²) in [4.78, 5) is 22.4. The Kier molecular flexibility index (Phi) is 4.44. The summed E-state index contributed by atoms with van der Waals surface area (Å²) in [6.45, 7) is 0. The summed E-state index contributed by atoms with van der Waals surface area (Å²) >= 11 is 9.17. The fraction of sp³-hybridized carbons (Fsp3) is 0. The van der Waals surface area contributed by atoms with Crippen molar-refractivity contribution in [2.24, 2.45) is 0 Å². The molecule has 0 aliphatic heterocycles. The predicted molar refractivity (Wildman–Crippen MR) is 84.6 cm³/mol. The van der Waals surface area contributed by atoms with Crippen LogP contribution >= 0.6 is 27.5 Å². The Morgan fingerprint density at radius 2 is 2.00 bits per heavy atom. The Bertz CT molecular complexity index is 737. The molecule has 0 radical (unpaired) electrons. The van der Waals surface area contributed by atoms with Gasteiger partial charge in [-0.05, 0) is 24.3 Å². The molecule has 0 aliphatic rings. The van der Waals surface area contributed by atoms with Crippen LogP contribution in [0.15, 0.2) is 40.9 Å². The highest BCUT2D eigenvalue weighted by atomic mass is 79.9. The van der Waals surface area contributed by atoms with Gasteiger partial charge in [0.15, 0.2) is 0 Å². The Balaban J connectivity index is 2.33. The van der Waals surface area contributed by atoms with E-state index in [1.807, 2.05) is 0 Å². The Morgan fingerprint density at radius 3 is 2.67 bits per heavy atom. The summed E-state index contributed by atoms with van der Waals surface area (Å²) < 4.78 is 0.687. The zero-order valence-electron chi connectivity index (χ0n) is 10.5. The number of halogens is 2. The Labute approximate surface area is 133 Å². The number of benzene rings is 2. The standard InChI is InChI=1S/C13H9BrClN3O3/c14-7-1-4-11(16)9(5-7)13(19)17-12-6-8(18(20)21)2-3-10(12)15/h1-6H,16H2,(H,17,19). The molecule has 8 heteroatoms. The van der Waals surface area contributed by atoms with E-state index in [2.05, 4.69) is 21.2 Å². The average Bonchev–Trinajstić information content (AvgIpc) is 2.43. The highest BCUT2D eigenvalue weighted by Gasteiger charge is 2.15. The number of nitrogen functional groups attached to an aromatic ring is 1. The molecule has 2 aromatic rings. The quantitative estimate of drug-likeness (QED) is 0.487. The van der Waals surface area contributed by atoms with Crippen molar-refractivity contribution in [2.45, 2.75) is 0 Å². The van der Waals surface area contributed by atoms with E-state index >= 15 is 0 Å². The van der Waals surface area contributed by atoms with Gasteiger partial charge in [-0.2, -0.15) is 0 Å². The molecule has 21 heavy (non-hydrogen) atoms. The predicted octanol–water partition coefficient (Wildman–Crippen LogP) is 3.85. The summed E-state index contributed by atoms with van der Waals surface area (Å²) in [7, 11) is 0. The number of anilines is 2. The largest absolute Gasteiger partial charge is 0.398 e. The minimum atomic E-state index is -0.570. The van der Waals surface area contributed by atoms with Gasteiger partial charge < -0.3 is 11.1 Å². The molecular formula is C13H9BrClN3O3. The molecule has 0 spiro atoms. The number of non-ortho nitro benzene ring substituents is 1. The highest BCUT2D eigenvalue weighted by Crippen LogP contribution is 2.28. The molecule has 108 valence electrons. The molecule has 0 aromatic heterocycles. The van der Waals surface area contributed by atoms with Crippen molar-refractivity contribution in [2.75, 3.05) is 11.1 Å². The van der Waals surface area contributed by atoms with Crippen molar-refractivity contribution in [3.63, 3.8) is 0 Å². The van der Waals surface area contributed by atoms with E-state index in [1.54, 1.807) is 18.2 Å². The maximum Gasteiger partial charge on any atom is 0.271 e. The molecule has 0 atom stereocenters. The monoisotopic (exact) mass is 369 g/mol. The summed E-state index contributed by atoms with van der Waals surface area (Å²) in [5, 5.41) is 13.5. The molecule has 1 amide bonds. The van der Waals surface area contributed by atoms with Gasteiger partial charge in [0.05, 0.1) is 21.2 Å². The molecule has 0 saturated heterocycles. The third-order valence-electron chi connectivity index (χ3n) is 2.67. The Morgan fingerprint density at radius 1 is 1.29 bits per heavy atom. The molecule has 2 rings (SSSR count). The van der Waals surface area contributed by atoms with Crippen LogP contribution in [0.3, 0.4) is 0 Å². The second-order valence-corrected chi connectivity index (χ2v) is 5.43. The topological polar surface area (TPSA) is 98.3 Å². The highest BCUT2D eigenvalue weighted by molar-refractivity contribution is 9.10.